The predicted octanol–water partition coefficient (Wildman–Crippen LogP) is 3.09. The molecule has 0 saturated carbocycles. The van der Waals surface area contributed by atoms with Crippen molar-refractivity contribution in [2.45, 2.75) is 13.2 Å². The Kier molecular flexibility index (Phi) is 3.71. The quantitative estimate of drug-likeness (QED) is 0.746. The Hall–Kier alpha value is -2.59. The van der Waals surface area contributed by atoms with Crippen LogP contribution in [0.1, 0.15) is 11.3 Å². The summed E-state index contributed by atoms with van der Waals surface area (Å²) >= 11 is 0. The van der Waals surface area contributed by atoms with Gasteiger partial charge in [0.2, 0.25) is 0 Å². The van der Waals surface area contributed by atoms with E-state index < -0.39 is 5.63 Å². The molecule has 1 aromatic heterocycles. The standard InChI is InChI=1S/C17H15NO3/c18-16-8-4-7-14-15(16)9-13(21-17(14)19)11-20-10-12-5-2-1-3-6-12/h1-9H,10-11,18H2. The van der Waals surface area contributed by atoms with Gasteiger partial charge < -0.3 is 14.9 Å². The van der Waals surface area contributed by atoms with Gasteiger partial charge in [0.15, 0.2) is 0 Å². The average molecular weight is 281 g/mol. The molecule has 0 aliphatic carbocycles. The maximum absolute atomic E-state index is 11.9. The van der Waals surface area contributed by atoms with E-state index in [-0.39, 0.29) is 6.61 Å². The van der Waals surface area contributed by atoms with Gasteiger partial charge in [-0.25, -0.2) is 4.79 Å². The number of hydrogen-bond donors (Lipinski definition) is 1. The van der Waals surface area contributed by atoms with Crippen LogP contribution in [0.15, 0.2) is 63.8 Å². The predicted molar refractivity (Wildman–Crippen MR) is 81.8 cm³/mol. The molecule has 4 nitrogen and oxygen atoms in total. The Bertz CT molecular complexity index is 809. The van der Waals surface area contributed by atoms with E-state index in [2.05, 4.69) is 0 Å². The van der Waals surface area contributed by atoms with Gasteiger partial charge in [-0.05, 0) is 23.8 Å². The van der Waals surface area contributed by atoms with Crippen LogP contribution in [0.25, 0.3) is 10.8 Å². The van der Waals surface area contributed by atoms with Crippen LogP contribution in [0.2, 0.25) is 0 Å². The van der Waals surface area contributed by atoms with E-state index in [9.17, 15) is 4.79 Å². The first-order valence-electron chi connectivity index (χ1n) is 6.67. The molecular formula is C17H15NO3. The molecule has 0 aliphatic rings. The Morgan fingerprint density at radius 3 is 2.57 bits per heavy atom. The summed E-state index contributed by atoms with van der Waals surface area (Å²) in [6.07, 6.45) is 0. The molecule has 0 saturated heterocycles. The third-order valence-electron chi connectivity index (χ3n) is 3.24. The number of benzene rings is 2. The Morgan fingerprint density at radius 2 is 1.76 bits per heavy atom. The molecule has 2 aromatic carbocycles. The summed E-state index contributed by atoms with van der Waals surface area (Å²) < 4.78 is 10.8. The SMILES string of the molecule is Nc1cccc2c(=O)oc(COCc3ccccc3)cc12. The second-order valence-corrected chi connectivity index (χ2v) is 4.79. The van der Waals surface area contributed by atoms with Crippen LogP contribution in [0.4, 0.5) is 5.69 Å². The van der Waals surface area contributed by atoms with Crippen LogP contribution in [0, 0.1) is 0 Å². The number of nitrogens with two attached hydrogens (primary N) is 1. The molecule has 0 bridgehead atoms. The average Bonchev–Trinajstić information content (AvgIpc) is 2.50. The first-order chi connectivity index (χ1) is 10.2. The number of ether oxygens (including phenoxy) is 1. The van der Waals surface area contributed by atoms with Crippen molar-refractivity contribution in [3.8, 4) is 0 Å². The van der Waals surface area contributed by atoms with Gasteiger partial charge in [0.1, 0.15) is 12.4 Å². The Morgan fingerprint density at radius 1 is 0.952 bits per heavy atom. The minimum Gasteiger partial charge on any atom is -0.425 e. The first kappa shape index (κ1) is 13.4. The molecule has 0 amide bonds. The monoisotopic (exact) mass is 281 g/mol. The van der Waals surface area contributed by atoms with Crippen LogP contribution in [-0.4, -0.2) is 0 Å². The van der Waals surface area contributed by atoms with Crippen molar-refractivity contribution in [3.63, 3.8) is 0 Å². The van der Waals surface area contributed by atoms with E-state index in [1.807, 2.05) is 30.3 Å². The van der Waals surface area contributed by atoms with Crippen molar-refractivity contribution < 1.29 is 9.15 Å². The van der Waals surface area contributed by atoms with Gasteiger partial charge >= 0.3 is 5.63 Å². The molecule has 0 fully saturated rings. The molecule has 0 spiro atoms. The van der Waals surface area contributed by atoms with Gasteiger partial charge in [-0.2, -0.15) is 0 Å². The second kappa shape index (κ2) is 5.81. The van der Waals surface area contributed by atoms with Gasteiger partial charge in [0, 0.05) is 11.1 Å². The van der Waals surface area contributed by atoms with Crippen LogP contribution < -0.4 is 11.4 Å². The van der Waals surface area contributed by atoms with E-state index in [1.54, 1.807) is 24.3 Å². The lowest BCUT2D eigenvalue weighted by Crippen LogP contribution is -2.05. The normalized spacial score (nSPS) is 10.9. The number of nitrogen functional groups attached to an aromatic ring is 1. The summed E-state index contributed by atoms with van der Waals surface area (Å²) in [6, 6.07) is 16.8. The van der Waals surface area contributed by atoms with Crippen molar-refractivity contribution in [1.29, 1.82) is 0 Å². The molecular weight excluding hydrogens is 266 g/mol. The molecule has 106 valence electrons. The topological polar surface area (TPSA) is 65.5 Å². The van der Waals surface area contributed by atoms with Gasteiger partial charge in [-0.3, -0.25) is 0 Å². The smallest absolute Gasteiger partial charge is 0.343 e. The molecule has 0 aliphatic heterocycles. The van der Waals surface area contributed by atoms with Gasteiger partial charge in [0.25, 0.3) is 0 Å². The Labute approximate surface area is 121 Å². The third kappa shape index (κ3) is 2.95. The lowest BCUT2D eigenvalue weighted by Gasteiger charge is -2.06. The summed E-state index contributed by atoms with van der Waals surface area (Å²) in [6.45, 7) is 0.696. The fourth-order valence-electron chi connectivity index (χ4n) is 2.20. The number of fused-ring (bicyclic) bond motifs is 1. The van der Waals surface area contributed by atoms with Crippen molar-refractivity contribution >= 4 is 16.5 Å². The van der Waals surface area contributed by atoms with Crippen LogP contribution in [-0.2, 0) is 18.0 Å². The number of rotatable bonds is 4. The maximum atomic E-state index is 11.9. The van der Waals surface area contributed by atoms with Crippen LogP contribution in [0.5, 0.6) is 0 Å². The van der Waals surface area contributed by atoms with E-state index >= 15 is 0 Å². The molecule has 0 radical (unpaired) electrons. The minimum atomic E-state index is -0.391. The van der Waals surface area contributed by atoms with E-state index in [0.29, 0.717) is 28.8 Å². The highest BCUT2D eigenvalue weighted by molar-refractivity contribution is 5.91. The highest BCUT2D eigenvalue weighted by Crippen LogP contribution is 2.19. The summed E-state index contributed by atoms with van der Waals surface area (Å²) in [7, 11) is 0. The second-order valence-electron chi connectivity index (χ2n) is 4.79. The largest absolute Gasteiger partial charge is 0.425 e. The van der Waals surface area contributed by atoms with E-state index in [4.69, 9.17) is 14.9 Å². The van der Waals surface area contributed by atoms with E-state index in [0.717, 1.165) is 5.56 Å². The summed E-state index contributed by atoms with van der Waals surface area (Å²) in [4.78, 5) is 11.9. The summed E-state index contributed by atoms with van der Waals surface area (Å²) in [5.41, 5.74) is 7.13. The van der Waals surface area contributed by atoms with Gasteiger partial charge in [0.05, 0.1) is 12.0 Å². The highest BCUT2D eigenvalue weighted by Gasteiger charge is 2.07. The molecule has 1 heterocycles. The van der Waals surface area contributed by atoms with Crippen molar-refractivity contribution in [2.24, 2.45) is 0 Å². The van der Waals surface area contributed by atoms with Crippen molar-refractivity contribution in [3.05, 3.63) is 76.3 Å². The van der Waals surface area contributed by atoms with Crippen LogP contribution >= 0.6 is 0 Å². The molecule has 3 aromatic rings. The zero-order valence-corrected chi connectivity index (χ0v) is 11.4. The van der Waals surface area contributed by atoms with Gasteiger partial charge in [-0.1, -0.05) is 36.4 Å². The highest BCUT2D eigenvalue weighted by atomic mass is 16.5. The fraction of sp³-hybridized carbons (Fsp3) is 0.118. The number of hydrogen-bond acceptors (Lipinski definition) is 4. The van der Waals surface area contributed by atoms with Crippen molar-refractivity contribution in [2.75, 3.05) is 5.73 Å². The van der Waals surface area contributed by atoms with Crippen LogP contribution in [0.3, 0.4) is 0 Å². The summed E-state index contributed by atoms with van der Waals surface area (Å²) in [5, 5.41) is 1.19. The van der Waals surface area contributed by atoms with Gasteiger partial charge in [-0.15, -0.1) is 0 Å². The van der Waals surface area contributed by atoms with E-state index in [1.165, 1.54) is 0 Å². The molecule has 2 N–H and O–H groups in total. The molecule has 0 atom stereocenters. The third-order valence-corrected chi connectivity index (χ3v) is 3.24. The zero-order chi connectivity index (χ0) is 14.7. The minimum absolute atomic E-state index is 0.231. The number of anilines is 1. The first-order valence-corrected chi connectivity index (χ1v) is 6.67. The molecule has 3 rings (SSSR count). The zero-order valence-electron chi connectivity index (χ0n) is 11.4. The fourth-order valence-corrected chi connectivity index (χ4v) is 2.20. The lowest BCUT2D eigenvalue weighted by molar-refractivity contribution is 0.0910. The van der Waals surface area contributed by atoms with Crippen molar-refractivity contribution in [1.82, 2.24) is 0 Å². The molecule has 4 heteroatoms. The maximum Gasteiger partial charge on any atom is 0.343 e. The molecule has 0 unspecified atom stereocenters. The Balaban J connectivity index is 1.79. The summed E-state index contributed by atoms with van der Waals surface area (Å²) in [5.74, 6) is 0.473. The molecule has 21 heavy (non-hydrogen) atoms. The lowest BCUT2D eigenvalue weighted by atomic mass is 10.1.